The largest absolute Gasteiger partial charge is 0.506 e. The maximum absolute atomic E-state index is 12.1. The predicted octanol–water partition coefficient (Wildman–Crippen LogP) is 2.22. The number of rotatable bonds is 3. The van der Waals surface area contributed by atoms with Gasteiger partial charge in [0.2, 0.25) is 0 Å². The number of amides is 2. The molecular formula is C15H17N3O4S. The lowest BCUT2D eigenvalue weighted by molar-refractivity contribution is 0.256. The molecule has 1 aromatic carbocycles. The highest BCUT2D eigenvalue weighted by molar-refractivity contribution is 7.90. The molecule has 0 aliphatic heterocycles. The van der Waals surface area contributed by atoms with Crippen molar-refractivity contribution in [3.8, 4) is 5.75 Å². The molecule has 3 N–H and O–H groups in total. The Morgan fingerprint density at radius 3 is 2.30 bits per heavy atom. The van der Waals surface area contributed by atoms with Crippen LogP contribution in [0.25, 0.3) is 0 Å². The van der Waals surface area contributed by atoms with E-state index in [1.54, 1.807) is 39.0 Å². The summed E-state index contributed by atoms with van der Waals surface area (Å²) in [6, 6.07) is 6.64. The fourth-order valence-electron chi connectivity index (χ4n) is 1.97. The number of anilines is 1. The minimum absolute atomic E-state index is 0.0158. The Kier molecular flexibility index (Phi) is 4.55. The van der Waals surface area contributed by atoms with Crippen LogP contribution in [0.3, 0.4) is 0 Å². The van der Waals surface area contributed by atoms with E-state index in [4.69, 9.17) is 0 Å². The summed E-state index contributed by atoms with van der Waals surface area (Å²) in [4.78, 5) is 16.0. The summed E-state index contributed by atoms with van der Waals surface area (Å²) in [5.41, 5.74) is 1.47. The van der Waals surface area contributed by atoms with E-state index in [0.717, 1.165) is 0 Å². The van der Waals surface area contributed by atoms with Crippen LogP contribution in [0.2, 0.25) is 0 Å². The SMILES string of the molecule is Cc1nc(NC(=O)NS(=O)(=O)c2ccccc2)c(C)c(C)c1O. The first-order valence-corrected chi connectivity index (χ1v) is 8.26. The normalized spacial score (nSPS) is 11.1. The molecule has 0 spiro atoms. The second-order valence-electron chi connectivity index (χ2n) is 5.02. The van der Waals surface area contributed by atoms with Gasteiger partial charge in [-0.3, -0.25) is 5.32 Å². The zero-order valence-corrected chi connectivity index (χ0v) is 13.7. The summed E-state index contributed by atoms with van der Waals surface area (Å²) in [5, 5.41) is 12.2. The molecular weight excluding hydrogens is 318 g/mol. The maximum Gasteiger partial charge on any atom is 0.334 e. The molecule has 23 heavy (non-hydrogen) atoms. The number of carbonyl (C=O) groups excluding carboxylic acids is 1. The molecule has 0 unspecified atom stereocenters. The molecule has 122 valence electrons. The van der Waals surface area contributed by atoms with Gasteiger partial charge in [-0.05, 0) is 44.0 Å². The zero-order valence-electron chi connectivity index (χ0n) is 12.9. The minimum atomic E-state index is -3.96. The molecule has 2 rings (SSSR count). The van der Waals surface area contributed by atoms with E-state index in [2.05, 4.69) is 10.3 Å². The second-order valence-corrected chi connectivity index (χ2v) is 6.70. The van der Waals surface area contributed by atoms with Crippen molar-refractivity contribution in [2.45, 2.75) is 25.7 Å². The number of aromatic hydroxyl groups is 1. The fourth-order valence-corrected chi connectivity index (χ4v) is 2.89. The molecule has 2 amide bonds. The summed E-state index contributed by atoms with van der Waals surface area (Å²) in [5.74, 6) is 0.240. The van der Waals surface area contributed by atoms with Gasteiger partial charge in [-0.1, -0.05) is 18.2 Å². The Morgan fingerprint density at radius 2 is 1.70 bits per heavy atom. The van der Waals surface area contributed by atoms with E-state index in [9.17, 15) is 18.3 Å². The summed E-state index contributed by atoms with van der Waals surface area (Å²) < 4.78 is 26.1. The van der Waals surface area contributed by atoms with Crippen LogP contribution < -0.4 is 10.0 Å². The van der Waals surface area contributed by atoms with Crippen molar-refractivity contribution in [3.05, 3.63) is 47.2 Å². The number of aromatic nitrogens is 1. The highest BCUT2D eigenvalue weighted by atomic mass is 32.2. The second kappa shape index (κ2) is 6.25. The van der Waals surface area contributed by atoms with Crippen molar-refractivity contribution < 1.29 is 18.3 Å². The number of urea groups is 1. The van der Waals surface area contributed by atoms with Crippen LogP contribution in [0.5, 0.6) is 5.75 Å². The summed E-state index contributed by atoms with van der Waals surface area (Å²) in [6.07, 6.45) is 0. The van der Waals surface area contributed by atoms with Crippen LogP contribution in [-0.2, 0) is 10.0 Å². The Labute approximate surface area is 134 Å². The number of nitrogens with zero attached hydrogens (tertiary/aromatic N) is 1. The van der Waals surface area contributed by atoms with Gasteiger partial charge in [0.25, 0.3) is 10.0 Å². The number of carbonyl (C=O) groups is 1. The lowest BCUT2D eigenvalue weighted by Crippen LogP contribution is -2.34. The quantitative estimate of drug-likeness (QED) is 0.797. The highest BCUT2D eigenvalue weighted by Crippen LogP contribution is 2.27. The molecule has 0 bridgehead atoms. The van der Waals surface area contributed by atoms with Crippen molar-refractivity contribution in [2.24, 2.45) is 0 Å². The van der Waals surface area contributed by atoms with Crippen LogP contribution in [0.15, 0.2) is 35.2 Å². The predicted molar refractivity (Wildman–Crippen MR) is 85.9 cm³/mol. The van der Waals surface area contributed by atoms with Gasteiger partial charge in [-0.15, -0.1) is 0 Å². The molecule has 1 heterocycles. The Balaban J connectivity index is 2.21. The molecule has 0 radical (unpaired) electrons. The van der Waals surface area contributed by atoms with Gasteiger partial charge in [0, 0.05) is 0 Å². The van der Waals surface area contributed by atoms with Crippen LogP contribution in [0.4, 0.5) is 10.6 Å². The molecule has 1 aromatic heterocycles. The summed E-state index contributed by atoms with van der Waals surface area (Å²) >= 11 is 0. The summed E-state index contributed by atoms with van der Waals surface area (Å²) in [6.45, 7) is 4.94. The van der Waals surface area contributed by atoms with Crippen molar-refractivity contribution in [2.75, 3.05) is 5.32 Å². The molecule has 0 fully saturated rings. The van der Waals surface area contributed by atoms with Gasteiger partial charge in [0.15, 0.2) is 0 Å². The van der Waals surface area contributed by atoms with Crippen molar-refractivity contribution in [3.63, 3.8) is 0 Å². The molecule has 0 atom stereocenters. The van der Waals surface area contributed by atoms with Gasteiger partial charge in [0.05, 0.1) is 10.6 Å². The number of hydrogen-bond acceptors (Lipinski definition) is 5. The van der Waals surface area contributed by atoms with E-state index in [1.807, 2.05) is 4.72 Å². The minimum Gasteiger partial charge on any atom is -0.506 e. The van der Waals surface area contributed by atoms with Gasteiger partial charge >= 0.3 is 6.03 Å². The smallest absolute Gasteiger partial charge is 0.334 e. The third kappa shape index (κ3) is 3.59. The van der Waals surface area contributed by atoms with Gasteiger partial charge < -0.3 is 5.11 Å². The molecule has 7 nitrogen and oxygen atoms in total. The van der Waals surface area contributed by atoms with Gasteiger partial charge in [0.1, 0.15) is 11.6 Å². The van der Waals surface area contributed by atoms with Crippen molar-refractivity contribution >= 4 is 21.9 Å². The topological polar surface area (TPSA) is 108 Å². The molecule has 2 aromatic rings. The Morgan fingerprint density at radius 1 is 1.09 bits per heavy atom. The highest BCUT2D eigenvalue weighted by Gasteiger charge is 2.19. The van der Waals surface area contributed by atoms with E-state index >= 15 is 0 Å². The van der Waals surface area contributed by atoms with E-state index < -0.39 is 16.1 Å². The molecule has 0 saturated carbocycles. The number of nitrogens with one attached hydrogen (secondary N) is 2. The monoisotopic (exact) mass is 335 g/mol. The molecule has 0 saturated heterocycles. The maximum atomic E-state index is 12.1. The van der Waals surface area contributed by atoms with Crippen molar-refractivity contribution in [1.82, 2.24) is 9.71 Å². The summed E-state index contributed by atoms with van der Waals surface area (Å²) in [7, 11) is -3.96. The van der Waals surface area contributed by atoms with Gasteiger partial charge in [-0.2, -0.15) is 0 Å². The van der Waals surface area contributed by atoms with Crippen LogP contribution >= 0.6 is 0 Å². The Bertz CT molecular complexity index is 849. The standard InChI is InChI=1S/C15H17N3O4S/c1-9-10(2)14(16-11(3)13(9)19)17-15(20)18-23(21,22)12-7-5-4-6-8-12/h4-8,19H,1-3H3,(H2,16,17,18,20). The first-order chi connectivity index (χ1) is 10.7. The average molecular weight is 335 g/mol. The lowest BCUT2D eigenvalue weighted by atomic mass is 10.1. The average Bonchev–Trinajstić information content (AvgIpc) is 2.51. The fraction of sp³-hybridized carbons (Fsp3) is 0.200. The van der Waals surface area contributed by atoms with Gasteiger partial charge in [-0.25, -0.2) is 22.9 Å². The van der Waals surface area contributed by atoms with E-state index in [0.29, 0.717) is 16.8 Å². The number of benzene rings is 1. The first kappa shape index (κ1) is 16.8. The number of pyridine rings is 1. The third-order valence-electron chi connectivity index (χ3n) is 3.41. The number of hydrogen-bond donors (Lipinski definition) is 3. The molecule has 0 aliphatic carbocycles. The number of aryl methyl sites for hydroxylation is 1. The van der Waals surface area contributed by atoms with E-state index in [-0.39, 0.29) is 16.5 Å². The van der Waals surface area contributed by atoms with E-state index in [1.165, 1.54) is 12.1 Å². The first-order valence-electron chi connectivity index (χ1n) is 6.78. The Hall–Kier alpha value is -2.61. The van der Waals surface area contributed by atoms with Crippen LogP contribution in [-0.4, -0.2) is 24.5 Å². The van der Waals surface area contributed by atoms with Crippen molar-refractivity contribution in [1.29, 1.82) is 0 Å². The lowest BCUT2D eigenvalue weighted by Gasteiger charge is -2.13. The number of sulfonamides is 1. The zero-order chi connectivity index (χ0) is 17.2. The third-order valence-corrected chi connectivity index (χ3v) is 4.75. The van der Waals surface area contributed by atoms with Crippen LogP contribution in [0, 0.1) is 20.8 Å². The molecule has 8 heteroatoms. The molecule has 0 aliphatic rings. The van der Waals surface area contributed by atoms with Crippen LogP contribution in [0.1, 0.15) is 16.8 Å².